The summed E-state index contributed by atoms with van der Waals surface area (Å²) in [5.74, 6) is 2.54. The van der Waals surface area contributed by atoms with E-state index in [0.29, 0.717) is 25.0 Å². The number of carbonyl (C=O) groups is 1. The molecule has 1 atom stereocenters. The van der Waals surface area contributed by atoms with E-state index in [-0.39, 0.29) is 16.4 Å². The van der Waals surface area contributed by atoms with E-state index in [1.165, 1.54) is 0 Å². The van der Waals surface area contributed by atoms with Crippen LogP contribution < -0.4 is 4.74 Å². The Kier molecular flexibility index (Phi) is 9.36. The molecule has 0 saturated heterocycles. The summed E-state index contributed by atoms with van der Waals surface area (Å²) in [6, 6.07) is 4.08. The van der Waals surface area contributed by atoms with Gasteiger partial charge in [0, 0.05) is 17.9 Å². The molecule has 1 aromatic rings. The van der Waals surface area contributed by atoms with Crippen LogP contribution in [0.15, 0.2) is 12.1 Å². The molecule has 0 N–H and O–H groups in total. The summed E-state index contributed by atoms with van der Waals surface area (Å²) in [7, 11) is 1.72. The predicted molar refractivity (Wildman–Crippen MR) is 118 cm³/mol. The summed E-state index contributed by atoms with van der Waals surface area (Å²) in [4.78, 5) is 13.5. The highest BCUT2D eigenvalue weighted by molar-refractivity contribution is 8.00. The zero-order valence-corrected chi connectivity index (χ0v) is 19.5. The Bertz CT molecular complexity index is 586. The van der Waals surface area contributed by atoms with Gasteiger partial charge in [-0.15, -0.1) is 11.8 Å². The molecule has 1 unspecified atom stereocenters. The van der Waals surface area contributed by atoms with Crippen LogP contribution in [0.1, 0.15) is 88.7 Å². The van der Waals surface area contributed by atoms with Crippen LogP contribution in [0.3, 0.4) is 0 Å². The number of ether oxygens (including phenoxy) is 2. The molecule has 1 aromatic carbocycles. The predicted octanol–water partition coefficient (Wildman–Crippen LogP) is 6.31. The Morgan fingerprint density at radius 3 is 1.96 bits per heavy atom. The number of thioether (sulfide) groups is 1. The zero-order valence-electron chi connectivity index (χ0n) is 18.6. The van der Waals surface area contributed by atoms with E-state index in [4.69, 9.17) is 9.47 Å². The number of methoxy groups -OCH3 is 1. The second kappa shape index (κ2) is 10.5. The third-order valence-electron chi connectivity index (χ3n) is 4.62. The van der Waals surface area contributed by atoms with Gasteiger partial charge in [-0.2, -0.15) is 0 Å². The van der Waals surface area contributed by atoms with Gasteiger partial charge in [-0.25, -0.2) is 0 Å². The molecule has 1 rings (SSSR count). The van der Waals surface area contributed by atoms with Crippen molar-refractivity contribution in [1.29, 1.82) is 0 Å². The Hall–Kier alpha value is -1.00. The second-order valence-corrected chi connectivity index (χ2v) is 9.89. The van der Waals surface area contributed by atoms with Crippen LogP contribution in [0.25, 0.3) is 0 Å². The fraction of sp³-hybridized carbons (Fsp3) is 0.696. The summed E-state index contributed by atoms with van der Waals surface area (Å²) in [6.07, 6.45) is 0. The third kappa shape index (κ3) is 6.53. The Labute approximate surface area is 170 Å². The van der Waals surface area contributed by atoms with Crippen molar-refractivity contribution in [3.05, 3.63) is 28.8 Å². The molecule has 0 heterocycles. The number of benzene rings is 1. The molecule has 27 heavy (non-hydrogen) atoms. The molecular formula is C23H38O3S. The first-order chi connectivity index (χ1) is 12.5. The number of hydrogen-bond acceptors (Lipinski definition) is 4. The number of hydrogen-bond donors (Lipinski definition) is 0. The first kappa shape index (κ1) is 24.0. The van der Waals surface area contributed by atoms with Crippen LogP contribution in [0, 0.1) is 5.41 Å². The fourth-order valence-electron chi connectivity index (χ4n) is 3.15. The zero-order chi connectivity index (χ0) is 20.8. The largest absolute Gasteiger partial charge is 0.496 e. The summed E-state index contributed by atoms with van der Waals surface area (Å²) in [6.45, 7) is 18.4. The van der Waals surface area contributed by atoms with Gasteiger partial charge in [-0.05, 0) is 47.4 Å². The van der Waals surface area contributed by atoms with Crippen molar-refractivity contribution in [1.82, 2.24) is 0 Å². The highest BCUT2D eigenvalue weighted by atomic mass is 32.2. The summed E-state index contributed by atoms with van der Waals surface area (Å²) in [5.41, 5.74) is 2.90. The topological polar surface area (TPSA) is 35.5 Å². The molecule has 0 saturated carbocycles. The van der Waals surface area contributed by atoms with Crippen LogP contribution >= 0.6 is 11.8 Å². The Morgan fingerprint density at radius 2 is 1.59 bits per heavy atom. The molecule has 4 heteroatoms. The highest BCUT2D eigenvalue weighted by Crippen LogP contribution is 2.38. The Morgan fingerprint density at radius 1 is 1.07 bits per heavy atom. The van der Waals surface area contributed by atoms with Crippen molar-refractivity contribution in [2.45, 2.75) is 72.5 Å². The molecule has 0 amide bonds. The molecule has 0 spiro atoms. The molecular weight excluding hydrogens is 356 g/mol. The van der Waals surface area contributed by atoms with E-state index in [1.54, 1.807) is 18.9 Å². The first-order valence-corrected chi connectivity index (χ1v) is 11.0. The minimum absolute atomic E-state index is 0.105. The molecule has 0 radical (unpaired) electrons. The van der Waals surface area contributed by atoms with Crippen molar-refractivity contribution < 1.29 is 14.3 Å². The molecule has 154 valence electrons. The van der Waals surface area contributed by atoms with Crippen molar-refractivity contribution in [3.8, 4) is 5.75 Å². The normalized spacial score (nSPS) is 13.3. The first-order valence-electron chi connectivity index (χ1n) is 9.99. The van der Waals surface area contributed by atoms with Gasteiger partial charge >= 0.3 is 0 Å². The summed E-state index contributed by atoms with van der Waals surface area (Å²) in [5, 5.41) is -0.105. The van der Waals surface area contributed by atoms with Gasteiger partial charge in [-0.1, -0.05) is 48.5 Å². The van der Waals surface area contributed by atoms with Crippen molar-refractivity contribution in [2.75, 3.05) is 26.1 Å². The van der Waals surface area contributed by atoms with Gasteiger partial charge in [-0.3, -0.25) is 4.79 Å². The van der Waals surface area contributed by atoms with E-state index in [2.05, 4.69) is 48.5 Å². The lowest BCUT2D eigenvalue weighted by Crippen LogP contribution is -2.32. The molecule has 0 aliphatic carbocycles. The van der Waals surface area contributed by atoms with Gasteiger partial charge in [0.1, 0.15) is 5.75 Å². The average Bonchev–Trinajstić information content (AvgIpc) is 2.58. The number of carbonyl (C=O) groups excluding carboxylic acids is 1. The Balaban J connectivity index is 3.32. The van der Waals surface area contributed by atoms with Crippen LogP contribution in [0.5, 0.6) is 5.75 Å². The minimum Gasteiger partial charge on any atom is -0.496 e. The van der Waals surface area contributed by atoms with Crippen LogP contribution in [-0.4, -0.2) is 37.1 Å². The van der Waals surface area contributed by atoms with Gasteiger partial charge in [0.05, 0.1) is 19.0 Å². The number of Topliss-reactive ketones (excluding diaryl/α,β-unsaturated/α-hetero) is 1. The van der Waals surface area contributed by atoms with Gasteiger partial charge in [0.15, 0.2) is 5.78 Å². The molecule has 0 aliphatic rings. The molecule has 0 aromatic heterocycles. The lowest BCUT2D eigenvalue weighted by molar-refractivity contribution is 0.0950. The maximum Gasteiger partial charge on any atom is 0.176 e. The van der Waals surface area contributed by atoms with Gasteiger partial charge < -0.3 is 9.47 Å². The van der Waals surface area contributed by atoms with E-state index in [0.717, 1.165) is 28.2 Å². The molecule has 3 nitrogen and oxygen atoms in total. The van der Waals surface area contributed by atoms with E-state index in [1.807, 2.05) is 19.1 Å². The van der Waals surface area contributed by atoms with Gasteiger partial charge in [0.2, 0.25) is 0 Å². The fourth-order valence-corrected chi connectivity index (χ4v) is 4.39. The maximum atomic E-state index is 13.5. The summed E-state index contributed by atoms with van der Waals surface area (Å²) < 4.78 is 11.2. The number of ketones is 1. The van der Waals surface area contributed by atoms with Crippen molar-refractivity contribution in [3.63, 3.8) is 0 Å². The number of rotatable bonds is 10. The smallest absolute Gasteiger partial charge is 0.176 e. The highest BCUT2D eigenvalue weighted by Gasteiger charge is 2.33. The van der Waals surface area contributed by atoms with Crippen molar-refractivity contribution >= 4 is 17.5 Å². The average molecular weight is 395 g/mol. The monoisotopic (exact) mass is 394 g/mol. The molecule has 0 bridgehead atoms. The maximum absolute atomic E-state index is 13.5. The minimum atomic E-state index is -0.121. The van der Waals surface area contributed by atoms with Crippen LogP contribution in [0.2, 0.25) is 0 Å². The second-order valence-electron chi connectivity index (χ2n) is 8.68. The molecule has 0 aliphatic heterocycles. The molecule has 0 fully saturated rings. The quantitative estimate of drug-likeness (QED) is 0.344. The van der Waals surface area contributed by atoms with E-state index in [9.17, 15) is 4.79 Å². The third-order valence-corrected chi connectivity index (χ3v) is 6.28. The lowest BCUT2D eigenvalue weighted by Gasteiger charge is -2.30. The summed E-state index contributed by atoms with van der Waals surface area (Å²) >= 11 is 1.70. The standard InChI is InChI=1S/C23H38O3S/c1-10-26-11-12-27-22(23(6,7)8)20(24)17-13-18(15(2)3)21(25-9)19(14-17)16(4)5/h13-16,22H,10-12H2,1-9H3. The van der Waals surface area contributed by atoms with E-state index >= 15 is 0 Å². The van der Waals surface area contributed by atoms with Crippen LogP contribution in [0.4, 0.5) is 0 Å². The SMILES string of the molecule is CCOCCSC(C(=O)c1cc(C(C)C)c(OC)c(C(C)C)c1)C(C)(C)C. The van der Waals surface area contributed by atoms with Crippen molar-refractivity contribution in [2.24, 2.45) is 5.41 Å². The van der Waals surface area contributed by atoms with E-state index < -0.39 is 0 Å². The van der Waals surface area contributed by atoms with Crippen LogP contribution in [-0.2, 0) is 4.74 Å². The lowest BCUT2D eigenvalue weighted by atomic mass is 9.84. The van der Waals surface area contributed by atoms with Gasteiger partial charge in [0.25, 0.3) is 0 Å².